The van der Waals surface area contributed by atoms with Crippen LogP contribution < -0.4 is 0 Å². The van der Waals surface area contributed by atoms with Gasteiger partial charge in [0.25, 0.3) is 0 Å². The summed E-state index contributed by atoms with van der Waals surface area (Å²) in [5.74, 6) is 0.247. The van der Waals surface area contributed by atoms with E-state index in [1.807, 2.05) is 4.90 Å². The Morgan fingerprint density at radius 2 is 2.00 bits per heavy atom. The van der Waals surface area contributed by atoms with Crippen LogP contribution in [0.5, 0.6) is 0 Å². The standard InChI is InChI=1S/C14H19Br2N3O2/c15-13-10-9-19(4-1-11(10)17-14(13)16)12(20)2-3-18-5-7-21-8-6-18/h17H,1-9H2. The van der Waals surface area contributed by atoms with Gasteiger partial charge in [0.05, 0.1) is 22.3 Å². The maximum absolute atomic E-state index is 12.4. The van der Waals surface area contributed by atoms with E-state index in [1.54, 1.807) is 0 Å². The van der Waals surface area contributed by atoms with Crippen molar-refractivity contribution in [1.29, 1.82) is 0 Å². The number of hydrogen-bond acceptors (Lipinski definition) is 3. The Labute approximate surface area is 141 Å². The molecule has 1 aromatic rings. The summed E-state index contributed by atoms with van der Waals surface area (Å²) in [6.45, 7) is 5.77. The molecule has 0 radical (unpaired) electrons. The summed E-state index contributed by atoms with van der Waals surface area (Å²) in [6.07, 6.45) is 1.49. The second-order valence-corrected chi connectivity index (χ2v) is 7.07. The molecule has 0 saturated carbocycles. The van der Waals surface area contributed by atoms with Crippen molar-refractivity contribution in [2.24, 2.45) is 0 Å². The van der Waals surface area contributed by atoms with Crippen LogP contribution in [0.15, 0.2) is 9.08 Å². The molecule has 116 valence electrons. The van der Waals surface area contributed by atoms with Crippen LogP contribution in [0.3, 0.4) is 0 Å². The molecule has 0 unspecified atom stereocenters. The van der Waals surface area contributed by atoms with E-state index in [-0.39, 0.29) is 5.91 Å². The SMILES string of the molecule is O=C(CCN1CCOCC1)N1CCc2[nH]c(Br)c(Br)c2C1. The molecule has 3 rings (SSSR count). The molecular formula is C14H19Br2N3O2. The first-order chi connectivity index (χ1) is 10.1. The molecule has 1 aromatic heterocycles. The van der Waals surface area contributed by atoms with Gasteiger partial charge in [-0.1, -0.05) is 0 Å². The molecule has 0 atom stereocenters. The molecule has 1 N–H and O–H groups in total. The summed E-state index contributed by atoms with van der Waals surface area (Å²) < 4.78 is 7.34. The van der Waals surface area contributed by atoms with Gasteiger partial charge >= 0.3 is 0 Å². The highest BCUT2D eigenvalue weighted by Gasteiger charge is 2.25. The van der Waals surface area contributed by atoms with Crippen LogP contribution in [0.1, 0.15) is 17.7 Å². The monoisotopic (exact) mass is 419 g/mol. The van der Waals surface area contributed by atoms with Crippen molar-refractivity contribution in [2.45, 2.75) is 19.4 Å². The highest BCUT2D eigenvalue weighted by Crippen LogP contribution is 2.33. The van der Waals surface area contributed by atoms with Gasteiger partial charge in [-0.15, -0.1) is 0 Å². The number of aromatic nitrogens is 1. The average molecular weight is 421 g/mol. The number of carbonyl (C=O) groups excluding carboxylic acids is 1. The summed E-state index contributed by atoms with van der Waals surface area (Å²) in [5, 5.41) is 0. The maximum atomic E-state index is 12.4. The number of morpholine rings is 1. The smallest absolute Gasteiger partial charge is 0.224 e. The van der Waals surface area contributed by atoms with Gasteiger partial charge in [-0.3, -0.25) is 9.69 Å². The van der Waals surface area contributed by atoms with Crippen molar-refractivity contribution in [1.82, 2.24) is 14.8 Å². The van der Waals surface area contributed by atoms with Crippen molar-refractivity contribution in [3.63, 3.8) is 0 Å². The van der Waals surface area contributed by atoms with E-state index in [1.165, 1.54) is 11.3 Å². The van der Waals surface area contributed by atoms with Gasteiger partial charge in [-0.25, -0.2) is 0 Å². The van der Waals surface area contributed by atoms with Crippen LogP contribution in [-0.2, 0) is 22.5 Å². The Hall–Kier alpha value is -0.370. The predicted molar refractivity (Wildman–Crippen MR) is 87.2 cm³/mol. The molecule has 2 aliphatic heterocycles. The Morgan fingerprint density at radius 3 is 2.76 bits per heavy atom. The van der Waals surface area contributed by atoms with E-state index < -0.39 is 0 Å². The Bertz CT molecular complexity index is 527. The largest absolute Gasteiger partial charge is 0.379 e. The summed E-state index contributed by atoms with van der Waals surface area (Å²) in [4.78, 5) is 20.0. The van der Waals surface area contributed by atoms with Crippen molar-refractivity contribution >= 4 is 37.8 Å². The molecular weight excluding hydrogens is 402 g/mol. The zero-order chi connectivity index (χ0) is 14.8. The number of hydrogen-bond donors (Lipinski definition) is 1. The first kappa shape index (κ1) is 15.5. The first-order valence-electron chi connectivity index (χ1n) is 7.27. The van der Waals surface area contributed by atoms with E-state index in [9.17, 15) is 4.79 Å². The number of carbonyl (C=O) groups is 1. The number of fused-ring (bicyclic) bond motifs is 1. The third-order valence-electron chi connectivity index (χ3n) is 4.16. The van der Waals surface area contributed by atoms with E-state index in [0.29, 0.717) is 13.0 Å². The number of aromatic amines is 1. The topological polar surface area (TPSA) is 48.6 Å². The first-order valence-corrected chi connectivity index (χ1v) is 8.86. The summed E-state index contributed by atoms with van der Waals surface area (Å²) in [6, 6.07) is 0. The van der Waals surface area contributed by atoms with E-state index in [2.05, 4.69) is 41.7 Å². The van der Waals surface area contributed by atoms with E-state index >= 15 is 0 Å². The van der Waals surface area contributed by atoms with Crippen molar-refractivity contribution in [3.8, 4) is 0 Å². The molecule has 2 aliphatic rings. The van der Waals surface area contributed by atoms with Gasteiger partial charge in [0.15, 0.2) is 0 Å². The normalized spacial score (nSPS) is 19.6. The maximum Gasteiger partial charge on any atom is 0.224 e. The van der Waals surface area contributed by atoms with Gasteiger partial charge in [0.2, 0.25) is 5.91 Å². The minimum Gasteiger partial charge on any atom is -0.379 e. The molecule has 21 heavy (non-hydrogen) atoms. The van der Waals surface area contributed by atoms with Gasteiger partial charge in [0, 0.05) is 56.8 Å². The minimum absolute atomic E-state index is 0.247. The highest BCUT2D eigenvalue weighted by atomic mass is 79.9. The molecule has 7 heteroatoms. The Morgan fingerprint density at radius 1 is 1.24 bits per heavy atom. The second kappa shape index (κ2) is 6.81. The van der Waals surface area contributed by atoms with Gasteiger partial charge in [-0.05, 0) is 31.9 Å². The molecule has 0 aliphatic carbocycles. The van der Waals surface area contributed by atoms with Crippen LogP contribution in [0, 0.1) is 0 Å². The van der Waals surface area contributed by atoms with Crippen LogP contribution >= 0.6 is 31.9 Å². The van der Waals surface area contributed by atoms with Crippen molar-refractivity contribution < 1.29 is 9.53 Å². The number of amides is 1. The lowest BCUT2D eigenvalue weighted by molar-refractivity contribution is -0.132. The lowest BCUT2D eigenvalue weighted by Gasteiger charge is -2.30. The van der Waals surface area contributed by atoms with Crippen LogP contribution in [-0.4, -0.2) is 60.1 Å². The van der Waals surface area contributed by atoms with Crippen molar-refractivity contribution in [3.05, 3.63) is 20.3 Å². The number of H-pyrrole nitrogens is 1. The average Bonchev–Trinajstić information content (AvgIpc) is 2.80. The molecule has 5 nitrogen and oxygen atoms in total. The number of nitrogens with zero attached hydrogens (tertiary/aromatic N) is 2. The molecule has 1 amide bonds. The predicted octanol–water partition coefficient (Wildman–Crippen LogP) is 2.15. The van der Waals surface area contributed by atoms with E-state index in [0.717, 1.165) is 54.9 Å². The number of rotatable bonds is 3. The fourth-order valence-electron chi connectivity index (χ4n) is 2.87. The summed E-state index contributed by atoms with van der Waals surface area (Å²) in [7, 11) is 0. The minimum atomic E-state index is 0.247. The molecule has 0 spiro atoms. The van der Waals surface area contributed by atoms with Gasteiger partial charge in [-0.2, -0.15) is 0 Å². The Kier molecular flexibility index (Phi) is 5.03. The summed E-state index contributed by atoms with van der Waals surface area (Å²) in [5.41, 5.74) is 2.43. The van der Waals surface area contributed by atoms with Gasteiger partial charge < -0.3 is 14.6 Å². The lowest BCUT2D eigenvalue weighted by atomic mass is 10.1. The summed E-state index contributed by atoms with van der Waals surface area (Å²) >= 11 is 7.07. The zero-order valence-corrected chi connectivity index (χ0v) is 15.0. The second-order valence-electron chi connectivity index (χ2n) is 5.48. The van der Waals surface area contributed by atoms with Crippen LogP contribution in [0.2, 0.25) is 0 Å². The lowest BCUT2D eigenvalue weighted by Crippen LogP contribution is -2.41. The molecule has 3 heterocycles. The van der Waals surface area contributed by atoms with Crippen LogP contribution in [0.25, 0.3) is 0 Å². The van der Waals surface area contributed by atoms with E-state index in [4.69, 9.17) is 4.74 Å². The third kappa shape index (κ3) is 3.52. The zero-order valence-electron chi connectivity index (χ0n) is 11.8. The fourth-order valence-corrected chi connectivity index (χ4v) is 3.81. The fraction of sp³-hybridized carbons (Fsp3) is 0.643. The van der Waals surface area contributed by atoms with Crippen molar-refractivity contribution in [2.75, 3.05) is 39.4 Å². The Balaban J connectivity index is 1.55. The molecule has 0 aromatic carbocycles. The van der Waals surface area contributed by atoms with Crippen LogP contribution in [0.4, 0.5) is 0 Å². The number of nitrogens with one attached hydrogen (secondary N) is 1. The van der Waals surface area contributed by atoms with Gasteiger partial charge in [0.1, 0.15) is 0 Å². The molecule has 1 fully saturated rings. The number of ether oxygens (including phenoxy) is 1. The quantitative estimate of drug-likeness (QED) is 0.814. The number of halogens is 2. The highest BCUT2D eigenvalue weighted by molar-refractivity contribution is 9.13. The molecule has 1 saturated heterocycles. The molecule has 0 bridgehead atoms. The third-order valence-corrected chi connectivity index (χ3v) is 6.16.